The van der Waals surface area contributed by atoms with Gasteiger partial charge < -0.3 is 10.2 Å². The minimum Gasteiger partial charge on any atom is -0.349 e. The van der Waals surface area contributed by atoms with E-state index in [0.717, 1.165) is 35.0 Å². The van der Waals surface area contributed by atoms with Crippen LogP contribution in [0.2, 0.25) is 0 Å². The van der Waals surface area contributed by atoms with Crippen molar-refractivity contribution < 1.29 is 9.59 Å². The van der Waals surface area contributed by atoms with Crippen molar-refractivity contribution in [1.82, 2.24) is 15.2 Å². The van der Waals surface area contributed by atoms with Crippen LogP contribution in [-0.4, -0.2) is 40.8 Å². The lowest BCUT2D eigenvalue weighted by atomic mass is 10.0. The van der Waals surface area contributed by atoms with Gasteiger partial charge >= 0.3 is 0 Å². The van der Waals surface area contributed by atoms with Gasteiger partial charge in [-0.1, -0.05) is 48.5 Å². The van der Waals surface area contributed by atoms with Crippen LogP contribution in [0.5, 0.6) is 0 Å². The molecule has 0 saturated carbocycles. The van der Waals surface area contributed by atoms with Crippen LogP contribution in [0.25, 0.3) is 22.2 Å². The molecule has 5 rings (SSSR count). The second-order valence-electron chi connectivity index (χ2n) is 7.99. The van der Waals surface area contributed by atoms with Gasteiger partial charge in [0.15, 0.2) is 0 Å². The quantitative estimate of drug-likeness (QED) is 0.485. The maximum absolute atomic E-state index is 13.5. The molecule has 0 aliphatic carbocycles. The lowest BCUT2D eigenvalue weighted by Gasteiger charge is -2.32. The molecule has 2 amide bonds. The highest BCUT2D eigenvalue weighted by Crippen LogP contribution is 2.26. The van der Waals surface area contributed by atoms with Gasteiger partial charge in [-0.05, 0) is 36.4 Å². The highest BCUT2D eigenvalue weighted by Gasteiger charge is 2.26. The maximum atomic E-state index is 13.5. The van der Waals surface area contributed by atoms with Gasteiger partial charge in [0.1, 0.15) is 0 Å². The molecule has 0 bridgehead atoms. The van der Waals surface area contributed by atoms with Crippen LogP contribution in [0.15, 0.2) is 77.5 Å². The maximum Gasteiger partial charge on any atom is 0.254 e. The van der Waals surface area contributed by atoms with Crippen LogP contribution in [0, 0.1) is 0 Å². The zero-order chi connectivity index (χ0) is 21.9. The van der Waals surface area contributed by atoms with E-state index in [9.17, 15) is 9.59 Å². The fraction of sp³-hybridized carbons (Fsp3) is 0.192. The van der Waals surface area contributed by atoms with Crippen molar-refractivity contribution >= 4 is 34.1 Å². The number of carbonyl (C=O) groups is 2. The molecule has 2 aromatic heterocycles. The van der Waals surface area contributed by atoms with Crippen LogP contribution < -0.4 is 5.32 Å². The van der Waals surface area contributed by atoms with E-state index in [4.69, 9.17) is 4.98 Å². The predicted octanol–water partition coefficient (Wildman–Crippen LogP) is 5.00. The third kappa shape index (κ3) is 4.14. The Morgan fingerprint density at radius 1 is 0.969 bits per heavy atom. The van der Waals surface area contributed by atoms with Gasteiger partial charge in [0, 0.05) is 41.0 Å². The third-order valence-corrected chi connectivity index (χ3v) is 6.60. The second-order valence-corrected chi connectivity index (χ2v) is 8.77. The number of carbonyl (C=O) groups excluding carboxylic acids is 2. The highest BCUT2D eigenvalue weighted by atomic mass is 32.1. The standard InChI is InChI=1S/C26H23N3O2S/c30-25(19-12-15-32-17-19)27-20-10-13-29(14-11-20)26(31)22-16-24(18-6-2-1-3-7-18)28-23-9-5-4-8-21(22)23/h1-9,12,15-17,20H,10-11,13-14H2,(H,27,30). The van der Waals surface area contributed by atoms with Gasteiger partial charge in [0.25, 0.3) is 11.8 Å². The Morgan fingerprint density at radius 2 is 1.72 bits per heavy atom. The number of thiophene rings is 1. The number of para-hydroxylation sites is 1. The smallest absolute Gasteiger partial charge is 0.254 e. The number of hydrogen-bond donors (Lipinski definition) is 1. The first kappa shape index (κ1) is 20.4. The summed E-state index contributed by atoms with van der Waals surface area (Å²) in [5, 5.41) is 7.72. The molecule has 1 fully saturated rings. The summed E-state index contributed by atoms with van der Waals surface area (Å²) in [6.45, 7) is 1.23. The number of rotatable bonds is 4. The molecule has 2 aromatic carbocycles. The van der Waals surface area contributed by atoms with Gasteiger partial charge in [-0.25, -0.2) is 4.98 Å². The van der Waals surface area contributed by atoms with Crippen molar-refractivity contribution in [2.75, 3.05) is 13.1 Å². The van der Waals surface area contributed by atoms with Crippen LogP contribution in [0.3, 0.4) is 0 Å². The Labute approximate surface area is 190 Å². The molecule has 5 nitrogen and oxygen atoms in total. The van der Waals surface area contributed by atoms with E-state index in [1.165, 1.54) is 11.3 Å². The molecule has 0 radical (unpaired) electrons. The van der Waals surface area contributed by atoms with E-state index in [1.807, 2.05) is 82.4 Å². The van der Waals surface area contributed by atoms with E-state index in [2.05, 4.69) is 5.32 Å². The van der Waals surface area contributed by atoms with Crippen molar-refractivity contribution in [3.8, 4) is 11.3 Å². The van der Waals surface area contributed by atoms with Crippen molar-refractivity contribution in [3.63, 3.8) is 0 Å². The predicted molar refractivity (Wildman–Crippen MR) is 128 cm³/mol. The largest absolute Gasteiger partial charge is 0.349 e. The van der Waals surface area contributed by atoms with Crippen molar-refractivity contribution in [2.45, 2.75) is 18.9 Å². The molecule has 6 heteroatoms. The Kier molecular flexibility index (Phi) is 5.69. The second kappa shape index (κ2) is 8.93. The van der Waals surface area contributed by atoms with Gasteiger partial charge in [-0.3, -0.25) is 9.59 Å². The van der Waals surface area contributed by atoms with Crippen LogP contribution >= 0.6 is 11.3 Å². The number of likely N-dealkylation sites (tertiary alicyclic amines) is 1. The summed E-state index contributed by atoms with van der Waals surface area (Å²) in [6, 6.07) is 21.5. The molecule has 1 N–H and O–H groups in total. The fourth-order valence-corrected chi connectivity index (χ4v) is 4.80. The number of pyridine rings is 1. The third-order valence-electron chi connectivity index (χ3n) is 5.92. The average molecular weight is 442 g/mol. The summed E-state index contributed by atoms with van der Waals surface area (Å²) < 4.78 is 0. The van der Waals surface area contributed by atoms with Crippen molar-refractivity contribution in [2.24, 2.45) is 0 Å². The number of nitrogens with one attached hydrogen (secondary N) is 1. The number of aromatic nitrogens is 1. The first-order chi connectivity index (χ1) is 15.7. The first-order valence-electron chi connectivity index (χ1n) is 10.8. The Morgan fingerprint density at radius 3 is 2.47 bits per heavy atom. The van der Waals surface area contributed by atoms with Crippen molar-refractivity contribution in [3.05, 3.63) is 88.6 Å². The van der Waals surface area contributed by atoms with Gasteiger partial charge in [-0.2, -0.15) is 11.3 Å². The first-order valence-corrected chi connectivity index (χ1v) is 11.7. The summed E-state index contributed by atoms with van der Waals surface area (Å²) in [4.78, 5) is 32.5. The number of hydrogen-bond acceptors (Lipinski definition) is 4. The van der Waals surface area contributed by atoms with Crippen molar-refractivity contribution in [1.29, 1.82) is 0 Å². The topological polar surface area (TPSA) is 62.3 Å². The van der Waals surface area contributed by atoms with Gasteiger partial charge in [0.05, 0.1) is 16.8 Å². The monoisotopic (exact) mass is 441 g/mol. The molecule has 3 heterocycles. The van der Waals surface area contributed by atoms with E-state index in [0.29, 0.717) is 24.2 Å². The SMILES string of the molecule is O=C(NC1CCN(C(=O)c2cc(-c3ccccc3)nc3ccccc23)CC1)c1ccsc1. The number of benzene rings is 2. The highest BCUT2D eigenvalue weighted by molar-refractivity contribution is 7.08. The van der Waals surface area contributed by atoms with E-state index < -0.39 is 0 Å². The average Bonchev–Trinajstić information content (AvgIpc) is 3.39. The zero-order valence-corrected chi connectivity index (χ0v) is 18.3. The minimum atomic E-state index is -0.0383. The summed E-state index contributed by atoms with van der Waals surface area (Å²) in [5.41, 5.74) is 3.98. The summed E-state index contributed by atoms with van der Waals surface area (Å²) in [5.74, 6) is -0.0213. The van der Waals surface area contributed by atoms with E-state index in [-0.39, 0.29) is 17.9 Å². The van der Waals surface area contributed by atoms with E-state index in [1.54, 1.807) is 0 Å². The number of fused-ring (bicyclic) bond motifs is 1. The fourth-order valence-electron chi connectivity index (χ4n) is 4.17. The molecule has 1 saturated heterocycles. The Hall–Kier alpha value is -3.51. The minimum absolute atomic E-state index is 0.0170. The number of nitrogens with zero attached hydrogens (tertiary/aromatic N) is 2. The van der Waals surface area contributed by atoms with Crippen LogP contribution in [0.4, 0.5) is 0 Å². The molecule has 0 unspecified atom stereocenters. The van der Waals surface area contributed by atoms with Gasteiger partial charge in [0.2, 0.25) is 0 Å². The van der Waals surface area contributed by atoms with Gasteiger partial charge in [-0.15, -0.1) is 0 Å². The van der Waals surface area contributed by atoms with Crippen LogP contribution in [-0.2, 0) is 0 Å². The normalized spacial score (nSPS) is 14.4. The molecule has 1 aliphatic heterocycles. The molecule has 0 atom stereocenters. The Balaban J connectivity index is 1.35. The zero-order valence-electron chi connectivity index (χ0n) is 17.5. The summed E-state index contributed by atoms with van der Waals surface area (Å²) in [7, 11) is 0. The molecule has 0 spiro atoms. The summed E-state index contributed by atoms with van der Waals surface area (Å²) >= 11 is 1.51. The number of piperidine rings is 1. The molecule has 1 aliphatic rings. The Bertz CT molecular complexity index is 1250. The molecule has 32 heavy (non-hydrogen) atoms. The number of amides is 2. The summed E-state index contributed by atoms with van der Waals surface area (Å²) in [6.07, 6.45) is 1.49. The van der Waals surface area contributed by atoms with Crippen LogP contribution in [0.1, 0.15) is 33.6 Å². The molecular weight excluding hydrogens is 418 g/mol. The molecular formula is C26H23N3O2S. The van der Waals surface area contributed by atoms with E-state index >= 15 is 0 Å². The lowest BCUT2D eigenvalue weighted by molar-refractivity contribution is 0.0700. The molecule has 160 valence electrons. The lowest BCUT2D eigenvalue weighted by Crippen LogP contribution is -2.46. The molecule has 4 aromatic rings.